The third-order valence-electron chi connectivity index (χ3n) is 2.44. The maximum Gasteiger partial charge on any atom is 0.276 e. The fraction of sp³-hybridized carbons (Fsp3) is 0.0714. The standard InChI is InChI=1S/C14H10ClN3O3/c15-10-4-3-9(2-1-7-19)12(8-10)16-14(21)11-5-6-13(20)18-17-11/h3-6,8,19H,7H2,(H,16,21)(H,18,20). The number of rotatable bonds is 2. The van der Waals surface area contributed by atoms with Crippen LogP contribution in [0.4, 0.5) is 5.69 Å². The summed E-state index contributed by atoms with van der Waals surface area (Å²) in [7, 11) is 0. The molecule has 0 saturated heterocycles. The fourth-order valence-corrected chi connectivity index (χ4v) is 1.69. The largest absolute Gasteiger partial charge is 0.384 e. The van der Waals surface area contributed by atoms with Crippen LogP contribution in [-0.4, -0.2) is 27.8 Å². The first-order valence-electron chi connectivity index (χ1n) is 5.86. The van der Waals surface area contributed by atoms with E-state index in [0.717, 1.165) is 0 Å². The number of anilines is 1. The van der Waals surface area contributed by atoms with Crippen LogP contribution in [0.3, 0.4) is 0 Å². The molecule has 1 amide bonds. The minimum absolute atomic E-state index is 0.0515. The second kappa shape index (κ2) is 6.70. The Kier molecular flexibility index (Phi) is 4.72. The molecule has 0 unspecified atom stereocenters. The zero-order chi connectivity index (χ0) is 15.2. The number of aliphatic hydroxyl groups is 1. The minimum Gasteiger partial charge on any atom is -0.384 e. The number of benzene rings is 1. The van der Waals surface area contributed by atoms with Gasteiger partial charge in [0, 0.05) is 16.7 Å². The van der Waals surface area contributed by atoms with Crippen LogP contribution < -0.4 is 10.9 Å². The molecular weight excluding hydrogens is 294 g/mol. The number of nitrogens with one attached hydrogen (secondary N) is 2. The van der Waals surface area contributed by atoms with Gasteiger partial charge in [0.2, 0.25) is 0 Å². The average molecular weight is 304 g/mol. The van der Waals surface area contributed by atoms with Crippen LogP contribution in [0.15, 0.2) is 35.1 Å². The smallest absolute Gasteiger partial charge is 0.276 e. The number of hydrogen-bond acceptors (Lipinski definition) is 4. The maximum atomic E-state index is 12.0. The molecule has 0 aliphatic rings. The molecule has 1 aromatic carbocycles. The lowest BCUT2D eigenvalue weighted by Crippen LogP contribution is -2.18. The third kappa shape index (κ3) is 3.92. The molecule has 0 radical (unpaired) electrons. The molecule has 0 fully saturated rings. The van der Waals surface area contributed by atoms with Crippen molar-refractivity contribution in [2.75, 3.05) is 11.9 Å². The molecule has 2 aromatic rings. The summed E-state index contributed by atoms with van der Waals surface area (Å²) in [6.45, 7) is -0.294. The number of aromatic nitrogens is 2. The summed E-state index contributed by atoms with van der Waals surface area (Å²) < 4.78 is 0. The lowest BCUT2D eigenvalue weighted by atomic mass is 10.1. The topological polar surface area (TPSA) is 95.1 Å². The summed E-state index contributed by atoms with van der Waals surface area (Å²) in [5.74, 6) is 4.68. The molecule has 0 atom stereocenters. The quantitative estimate of drug-likeness (QED) is 0.722. The van der Waals surface area contributed by atoms with Crippen molar-refractivity contribution in [2.45, 2.75) is 0 Å². The summed E-state index contributed by atoms with van der Waals surface area (Å²) >= 11 is 5.89. The first kappa shape index (κ1) is 14.8. The predicted molar refractivity (Wildman–Crippen MR) is 78.2 cm³/mol. The van der Waals surface area contributed by atoms with Crippen molar-refractivity contribution < 1.29 is 9.90 Å². The van der Waals surface area contributed by atoms with Gasteiger partial charge in [0.25, 0.3) is 11.5 Å². The van der Waals surface area contributed by atoms with Crippen molar-refractivity contribution >= 4 is 23.2 Å². The molecule has 7 heteroatoms. The lowest BCUT2D eigenvalue weighted by Gasteiger charge is -2.07. The number of carbonyl (C=O) groups is 1. The Morgan fingerprint density at radius 2 is 2.19 bits per heavy atom. The zero-order valence-electron chi connectivity index (χ0n) is 10.7. The van der Waals surface area contributed by atoms with Gasteiger partial charge in [-0.15, -0.1) is 0 Å². The van der Waals surface area contributed by atoms with E-state index in [1.807, 2.05) is 0 Å². The first-order chi connectivity index (χ1) is 10.1. The number of nitrogens with zero attached hydrogens (tertiary/aromatic N) is 1. The van der Waals surface area contributed by atoms with Crippen LogP contribution in [-0.2, 0) is 0 Å². The first-order valence-corrected chi connectivity index (χ1v) is 6.24. The summed E-state index contributed by atoms with van der Waals surface area (Å²) in [5, 5.41) is 17.6. The molecule has 1 aromatic heterocycles. The van der Waals surface area contributed by atoms with E-state index in [1.54, 1.807) is 12.1 Å². The van der Waals surface area contributed by atoms with E-state index in [2.05, 4.69) is 27.4 Å². The summed E-state index contributed by atoms with van der Waals surface area (Å²) in [5.41, 5.74) is 0.548. The van der Waals surface area contributed by atoms with Crippen LogP contribution in [0, 0.1) is 11.8 Å². The van der Waals surface area contributed by atoms with E-state index in [4.69, 9.17) is 16.7 Å². The molecule has 106 valence electrons. The molecule has 3 N–H and O–H groups in total. The molecule has 2 rings (SSSR count). The van der Waals surface area contributed by atoms with Gasteiger partial charge in [0.15, 0.2) is 0 Å². The molecule has 0 aliphatic heterocycles. The van der Waals surface area contributed by atoms with Crippen LogP contribution in [0.25, 0.3) is 0 Å². The van der Waals surface area contributed by atoms with Crippen LogP contribution >= 0.6 is 11.6 Å². The van der Waals surface area contributed by atoms with Gasteiger partial charge in [-0.3, -0.25) is 9.59 Å². The Morgan fingerprint density at radius 3 is 2.86 bits per heavy atom. The number of aromatic amines is 1. The Bertz CT molecular complexity index is 770. The van der Waals surface area contributed by atoms with Crippen LogP contribution in [0.2, 0.25) is 5.02 Å². The van der Waals surface area contributed by atoms with Crippen LogP contribution in [0.5, 0.6) is 0 Å². The number of H-pyrrole nitrogens is 1. The Balaban J connectivity index is 2.29. The molecule has 21 heavy (non-hydrogen) atoms. The molecule has 0 bridgehead atoms. The van der Waals surface area contributed by atoms with Crippen molar-refractivity contribution in [2.24, 2.45) is 0 Å². The normalized spacial score (nSPS) is 9.62. The van der Waals surface area contributed by atoms with Gasteiger partial charge >= 0.3 is 0 Å². The monoisotopic (exact) mass is 303 g/mol. The van der Waals surface area contributed by atoms with E-state index in [0.29, 0.717) is 16.3 Å². The highest BCUT2D eigenvalue weighted by molar-refractivity contribution is 6.31. The highest BCUT2D eigenvalue weighted by Crippen LogP contribution is 2.20. The zero-order valence-corrected chi connectivity index (χ0v) is 11.4. The van der Waals surface area contributed by atoms with E-state index < -0.39 is 11.5 Å². The van der Waals surface area contributed by atoms with Crippen molar-refractivity contribution in [3.05, 3.63) is 57.0 Å². The number of amides is 1. The van der Waals surface area contributed by atoms with E-state index in [-0.39, 0.29) is 12.3 Å². The van der Waals surface area contributed by atoms with E-state index in [1.165, 1.54) is 18.2 Å². The molecular formula is C14H10ClN3O3. The Labute approximate surface area is 124 Å². The summed E-state index contributed by atoms with van der Waals surface area (Å²) in [4.78, 5) is 22.9. The second-order valence-electron chi connectivity index (χ2n) is 3.91. The van der Waals surface area contributed by atoms with Crippen molar-refractivity contribution in [1.82, 2.24) is 10.2 Å². The van der Waals surface area contributed by atoms with Gasteiger partial charge in [0.1, 0.15) is 12.3 Å². The summed E-state index contributed by atoms with van der Waals surface area (Å²) in [6, 6.07) is 7.29. The van der Waals surface area contributed by atoms with Crippen molar-refractivity contribution in [3.63, 3.8) is 0 Å². The number of aliphatic hydroxyl groups excluding tert-OH is 1. The molecule has 0 saturated carbocycles. The maximum absolute atomic E-state index is 12.0. The third-order valence-corrected chi connectivity index (χ3v) is 2.68. The van der Waals surface area contributed by atoms with E-state index >= 15 is 0 Å². The summed E-state index contributed by atoms with van der Waals surface area (Å²) in [6.07, 6.45) is 0. The number of halogens is 1. The van der Waals surface area contributed by atoms with Gasteiger partial charge in [0.05, 0.1) is 5.69 Å². The van der Waals surface area contributed by atoms with Crippen molar-refractivity contribution in [3.8, 4) is 11.8 Å². The molecule has 1 heterocycles. The number of hydrogen-bond donors (Lipinski definition) is 3. The highest BCUT2D eigenvalue weighted by atomic mass is 35.5. The predicted octanol–water partition coefficient (Wildman–Crippen LogP) is 1.02. The number of carbonyl (C=O) groups excluding carboxylic acids is 1. The van der Waals surface area contributed by atoms with Gasteiger partial charge in [-0.1, -0.05) is 23.4 Å². The lowest BCUT2D eigenvalue weighted by molar-refractivity contribution is 0.102. The van der Waals surface area contributed by atoms with E-state index in [9.17, 15) is 9.59 Å². The Hall–Kier alpha value is -2.62. The van der Waals surface area contributed by atoms with Gasteiger partial charge in [-0.25, -0.2) is 5.10 Å². The molecule has 6 nitrogen and oxygen atoms in total. The van der Waals surface area contributed by atoms with Gasteiger partial charge in [-0.05, 0) is 24.3 Å². The second-order valence-corrected chi connectivity index (χ2v) is 4.35. The van der Waals surface area contributed by atoms with Gasteiger partial charge < -0.3 is 10.4 Å². The molecule has 0 aliphatic carbocycles. The molecule has 0 spiro atoms. The van der Waals surface area contributed by atoms with Crippen LogP contribution in [0.1, 0.15) is 16.1 Å². The Morgan fingerprint density at radius 1 is 1.38 bits per heavy atom. The average Bonchev–Trinajstić information content (AvgIpc) is 2.47. The van der Waals surface area contributed by atoms with Gasteiger partial charge in [-0.2, -0.15) is 5.10 Å². The SMILES string of the molecule is O=C(Nc1cc(Cl)ccc1C#CCO)c1ccc(=O)[nH]n1. The minimum atomic E-state index is -0.513. The van der Waals surface area contributed by atoms with Crippen molar-refractivity contribution in [1.29, 1.82) is 0 Å². The highest BCUT2D eigenvalue weighted by Gasteiger charge is 2.10. The fourth-order valence-electron chi connectivity index (χ4n) is 1.52.